The van der Waals surface area contributed by atoms with Crippen LogP contribution in [-0.2, 0) is 11.3 Å². The first-order valence-corrected chi connectivity index (χ1v) is 10.1. The maximum Gasteiger partial charge on any atom is 0.227 e. The highest BCUT2D eigenvalue weighted by molar-refractivity contribution is 5.85. The zero-order valence-electron chi connectivity index (χ0n) is 17.2. The first-order valence-electron chi connectivity index (χ1n) is 10.1. The Morgan fingerprint density at radius 1 is 1.07 bits per heavy atom. The third-order valence-corrected chi connectivity index (χ3v) is 6.83. The minimum absolute atomic E-state index is 0. The molecule has 1 aromatic rings. The summed E-state index contributed by atoms with van der Waals surface area (Å²) in [5.41, 5.74) is 7.49. The van der Waals surface area contributed by atoms with E-state index in [4.69, 9.17) is 15.2 Å². The third kappa shape index (κ3) is 4.76. The minimum Gasteiger partial charge on any atom is -0.497 e. The summed E-state index contributed by atoms with van der Waals surface area (Å²) in [6.07, 6.45) is 3.56. The number of nitrogens with zero attached hydrogens (tertiary/aromatic N) is 2. The van der Waals surface area contributed by atoms with Gasteiger partial charge in [-0.15, -0.1) is 24.8 Å². The lowest BCUT2D eigenvalue weighted by molar-refractivity contribution is -0.139. The number of benzene rings is 1. The molecule has 8 heteroatoms. The molecule has 2 bridgehead atoms. The fourth-order valence-electron chi connectivity index (χ4n) is 5.29. The molecule has 0 aromatic heterocycles. The number of ether oxygens (including phenoxy) is 2. The molecule has 6 nitrogen and oxygen atoms in total. The van der Waals surface area contributed by atoms with Crippen LogP contribution in [0.2, 0.25) is 0 Å². The lowest BCUT2D eigenvalue weighted by Crippen LogP contribution is -2.53. The molecule has 29 heavy (non-hydrogen) atoms. The Bertz CT molecular complexity index is 696. The highest BCUT2D eigenvalue weighted by Gasteiger charge is 2.50. The molecule has 1 saturated heterocycles. The summed E-state index contributed by atoms with van der Waals surface area (Å²) in [5.74, 6) is 3.18. The van der Waals surface area contributed by atoms with Gasteiger partial charge in [-0.25, -0.2) is 0 Å². The zero-order valence-corrected chi connectivity index (χ0v) is 18.8. The molecule has 0 radical (unpaired) electrons. The molecular formula is C21H33Cl2N3O3. The quantitative estimate of drug-likeness (QED) is 0.753. The highest BCUT2D eigenvalue weighted by atomic mass is 35.5. The van der Waals surface area contributed by atoms with Gasteiger partial charge < -0.3 is 20.1 Å². The van der Waals surface area contributed by atoms with Crippen molar-refractivity contribution in [1.82, 2.24) is 9.80 Å². The molecule has 3 fully saturated rings. The van der Waals surface area contributed by atoms with Crippen LogP contribution < -0.4 is 15.2 Å². The summed E-state index contributed by atoms with van der Waals surface area (Å²) in [7, 11) is 3.37. The van der Waals surface area contributed by atoms with E-state index in [9.17, 15) is 4.79 Å². The molecule has 1 aliphatic heterocycles. The van der Waals surface area contributed by atoms with Crippen LogP contribution in [-0.4, -0.2) is 62.1 Å². The Morgan fingerprint density at radius 2 is 1.76 bits per heavy atom. The van der Waals surface area contributed by atoms with Crippen LogP contribution >= 0.6 is 24.8 Å². The van der Waals surface area contributed by atoms with Crippen LogP contribution in [0.15, 0.2) is 18.2 Å². The van der Waals surface area contributed by atoms with E-state index in [1.54, 1.807) is 14.2 Å². The predicted octanol–water partition coefficient (Wildman–Crippen LogP) is 2.57. The van der Waals surface area contributed by atoms with E-state index in [0.29, 0.717) is 17.7 Å². The van der Waals surface area contributed by atoms with Crippen molar-refractivity contribution in [1.29, 1.82) is 0 Å². The Hall–Kier alpha value is -1.21. The van der Waals surface area contributed by atoms with Crippen molar-refractivity contribution < 1.29 is 14.3 Å². The molecule has 1 aromatic carbocycles. The fraction of sp³-hybridized carbons (Fsp3) is 0.667. The van der Waals surface area contributed by atoms with Crippen molar-refractivity contribution in [3.05, 3.63) is 23.8 Å². The second-order valence-electron chi connectivity index (χ2n) is 8.22. The molecule has 1 amide bonds. The van der Waals surface area contributed by atoms with Crippen LogP contribution in [0.5, 0.6) is 11.5 Å². The SMILES string of the molecule is COc1ccc(OC)c(CN2CCN(C(=O)C3C4CCC(C4)C3N)CC2)c1.Cl.Cl. The van der Waals surface area contributed by atoms with Gasteiger partial charge in [-0.3, -0.25) is 9.69 Å². The van der Waals surface area contributed by atoms with E-state index in [-0.39, 0.29) is 36.8 Å². The maximum atomic E-state index is 13.0. The molecule has 4 unspecified atom stereocenters. The van der Waals surface area contributed by atoms with Crippen molar-refractivity contribution in [2.45, 2.75) is 31.8 Å². The van der Waals surface area contributed by atoms with Gasteiger partial charge in [-0.05, 0) is 49.3 Å². The van der Waals surface area contributed by atoms with Crippen molar-refractivity contribution in [2.75, 3.05) is 40.4 Å². The van der Waals surface area contributed by atoms with E-state index < -0.39 is 0 Å². The highest BCUT2D eigenvalue weighted by Crippen LogP contribution is 2.48. The largest absolute Gasteiger partial charge is 0.497 e. The molecule has 4 atom stereocenters. The first kappa shape index (κ1) is 24.1. The van der Waals surface area contributed by atoms with Gasteiger partial charge >= 0.3 is 0 Å². The smallest absolute Gasteiger partial charge is 0.227 e. The van der Waals surface area contributed by atoms with E-state index >= 15 is 0 Å². The van der Waals surface area contributed by atoms with Gasteiger partial charge in [-0.2, -0.15) is 0 Å². The number of nitrogens with two attached hydrogens (primary N) is 1. The molecule has 2 aliphatic carbocycles. The van der Waals surface area contributed by atoms with E-state index in [1.165, 1.54) is 12.8 Å². The monoisotopic (exact) mass is 445 g/mol. The molecule has 164 valence electrons. The van der Waals surface area contributed by atoms with Gasteiger partial charge in [0.1, 0.15) is 11.5 Å². The number of halogens is 2. The number of hydrogen-bond donors (Lipinski definition) is 1. The van der Waals surface area contributed by atoms with Crippen molar-refractivity contribution >= 4 is 30.7 Å². The molecule has 1 heterocycles. The van der Waals surface area contributed by atoms with Crippen molar-refractivity contribution in [3.63, 3.8) is 0 Å². The molecule has 2 N–H and O–H groups in total. The Balaban J connectivity index is 0.00000150. The van der Waals surface area contributed by atoms with Crippen molar-refractivity contribution in [2.24, 2.45) is 23.5 Å². The Morgan fingerprint density at radius 3 is 2.34 bits per heavy atom. The number of rotatable bonds is 5. The summed E-state index contributed by atoms with van der Waals surface area (Å²) in [6, 6.07) is 5.97. The number of amides is 1. The lowest BCUT2D eigenvalue weighted by Gasteiger charge is -2.38. The minimum atomic E-state index is 0. The summed E-state index contributed by atoms with van der Waals surface area (Å²) < 4.78 is 10.8. The average molecular weight is 446 g/mol. The van der Waals surface area contributed by atoms with E-state index in [2.05, 4.69) is 4.90 Å². The summed E-state index contributed by atoms with van der Waals surface area (Å²) in [6.45, 7) is 4.12. The predicted molar refractivity (Wildman–Crippen MR) is 118 cm³/mol. The van der Waals surface area contributed by atoms with Crippen LogP contribution in [0, 0.1) is 17.8 Å². The number of fused-ring (bicyclic) bond motifs is 2. The van der Waals surface area contributed by atoms with Gasteiger partial charge in [0.15, 0.2) is 0 Å². The zero-order chi connectivity index (χ0) is 19.0. The third-order valence-electron chi connectivity index (χ3n) is 6.83. The van der Waals surface area contributed by atoms with Gasteiger partial charge in [0, 0.05) is 44.3 Å². The van der Waals surface area contributed by atoms with Crippen LogP contribution in [0.25, 0.3) is 0 Å². The normalized spacial score (nSPS) is 28.4. The van der Waals surface area contributed by atoms with Gasteiger partial charge in [0.05, 0.1) is 20.1 Å². The number of carbonyl (C=O) groups excluding carboxylic acids is 1. The molecule has 2 saturated carbocycles. The fourth-order valence-corrected chi connectivity index (χ4v) is 5.29. The standard InChI is InChI=1S/C21H31N3O3.2ClH/c1-26-17-5-6-18(27-2)16(12-17)13-23-7-9-24(10-8-23)21(25)19-14-3-4-15(11-14)20(19)22;;/h5-6,12,14-15,19-20H,3-4,7-11,13,22H2,1-2H3;2*1H. The number of hydrogen-bond acceptors (Lipinski definition) is 5. The summed E-state index contributed by atoms with van der Waals surface area (Å²) in [5, 5.41) is 0. The van der Waals surface area contributed by atoms with Crippen molar-refractivity contribution in [3.8, 4) is 11.5 Å². The molecule has 0 spiro atoms. The molecule has 3 aliphatic rings. The molecule has 4 rings (SSSR count). The summed E-state index contributed by atoms with van der Waals surface area (Å²) in [4.78, 5) is 17.5. The Kier molecular flexibility index (Phi) is 8.47. The number of methoxy groups -OCH3 is 2. The number of piperazine rings is 1. The first-order chi connectivity index (χ1) is 13.1. The van der Waals surface area contributed by atoms with Gasteiger partial charge in [0.2, 0.25) is 5.91 Å². The second-order valence-corrected chi connectivity index (χ2v) is 8.22. The average Bonchev–Trinajstić information content (AvgIpc) is 3.29. The van der Waals surface area contributed by atoms with Crippen LogP contribution in [0.3, 0.4) is 0 Å². The maximum absolute atomic E-state index is 13.0. The number of carbonyl (C=O) groups is 1. The second kappa shape index (κ2) is 10.2. The van der Waals surface area contributed by atoms with E-state index in [0.717, 1.165) is 56.2 Å². The summed E-state index contributed by atoms with van der Waals surface area (Å²) >= 11 is 0. The molecular weight excluding hydrogens is 413 g/mol. The van der Waals surface area contributed by atoms with E-state index in [1.807, 2.05) is 23.1 Å². The van der Waals surface area contributed by atoms with Crippen LogP contribution in [0.4, 0.5) is 0 Å². The lowest BCUT2D eigenvalue weighted by atomic mass is 9.84. The van der Waals surface area contributed by atoms with Crippen LogP contribution in [0.1, 0.15) is 24.8 Å². The van der Waals surface area contributed by atoms with Gasteiger partial charge in [-0.1, -0.05) is 0 Å². The topological polar surface area (TPSA) is 68.0 Å². The van der Waals surface area contributed by atoms with Gasteiger partial charge in [0.25, 0.3) is 0 Å². The Labute approximate surface area is 185 Å².